The zero-order chi connectivity index (χ0) is 10.3. The molecule has 1 saturated heterocycles. The number of hydrogen-bond acceptors (Lipinski definition) is 3. The Kier molecular flexibility index (Phi) is 2.33. The van der Waals surface area contributed by atoms with Gasteiger partial charge >= 0.3 is 0 Å². The monoisotopic (exact) mass is 222 g/mol. The molecule has 4 heteroatoms. The van der Waals surface area contributed by atoms with Crippen molar-refractivity contribution in [2.75, 3.05) is 13.2 Å². The fraction of sp³-hybridized carbons (Fsp3) is 0.636. The zero-order valence-corrected chi connectivity index (χ0v) is 9.35. The van der Waals surface area contributed by atoms with E-state index in [0.29, 0.717) is 11.8 Å². The molecule has 3 rings (SSSR count). The van der Waals surface area contributed by atoms with Crippen LogP contribution in [-0.2, 0) is 4.74 Å². The van der Waals surface area contributed by atoms with E-state index in [0.717, 1.165) is 30.1 Å². The summed E-state index contributed by atoms with van der Waals surface area (Å²) in [5.41, 5.74) is 1.27. The van der Waals surface area contributed by atoms with Crippen molar-refractivity contribution in [2.45, 2.75) is 31.1 Å². The topological polar surface area (TPSA) is 37.9 Å². The van der Waals surface area contributed by atoms with Crippen LogP contribution in [0.3, 0.4) is 0 Å². The minimum Gasteiger partial charge on any atom is -0.381 e. The lowest BCUT2D eigenvalue weighted by Gasteiger charge is -2.09. The second-order valence-electron chi connectivity index (χ2n) is 4.39. The number of aromatic nitrogens is 2. The smallest absolute Gasteiger partial charge is 0.130 e. The summed E-state index contributed by atoms with van der Waals surface area (Å²) in [6, 6.07) is 2.01. The Balaban J connectivity index is 1.95. The van der Waals surface area contributed by atoms with Gasteiger partial charge in [0, 0.05) is 18.2 Å². The van der Waals surface area contributed by atoms with Crippen LogP contribution in [0.5, 0.6) is 0 Å². The molecule has 2 aliphatic rings. The van der Waals surface area contributed by atoms with Gasteiger partial charge in [0.2, 0.25) is 0 Å². The van der Waals surface area contributed by atoms with Crippen molar-refractivity contribution in [3.05, 3.63) is 22.2 Å². The van der Waals surface area contributed by atoms with Crippen LogP contribution in [0.25, 0.3) is 0 Å². The van der Waals surface area contributed by atoms with Gasteiger partial charge in [-0.2, -0.15) is 0 Å². The van der Waals surface area contributed by atoms with E-state index in [9.17, 15) is 0 Å². The molecule has 0 aromatic carbocycles. The van der Waals surface area contributed by atoms with Crippen molar-refractivity contribution >= 4 is 12.2 Å². The molecule has 0 radical (unpaired) electrons. The Morgan fingerprint density at radius 1 is 1.33 bits per heavy atom. The first kappa shape index (κ1) is 9.48. The van der Waals surface area contributed by atoms with Gasteiger partial charge in [-0.25, -0.2) is 4.98 Å². The Labute approximate surface area is 93.9 Å². The molecule has 1 aromatic rings. The van der Waals surface area contributed by atoms with Gasteiger partial charge in [0.15, 0.2) is 0 Å². The summed E-state index contributed by atoms with van der Waals surface area (Å²) in [6.07, 6.45) is 3.64. The van der Waals surface area contributed by atoms with Gasteiger partial charge in [0.1, 0.15) is 10.5 Å². The largest absolute Gasteiger partial charge is 0.381 e. The second kappa shape index (κ2) is 3.68. The van der Waals surface area contributed by atoms with Gasteiger partial charge in [0.25, 0.3) is 0 Å². The summed E-state index contributed by atoms with van der Waals surface area (Å²) in [6.45, 7) is 1.63. The normalized spacial score (nSPS) is 25.7. The molecule has 1 aliphatic heterocycles. The molecule has 1 atom stereocenters. The molecule has 0 bridgehead atoms. The van der Waals surface area contributed by atoms with Crippen molar-refractivity contribution in [2.24, 2.45) is 0 Å². The van der Waals surface area contributed by atoms with Gasteiger partial charge in [0.05, 0.1) is 6.61 Å². The third-order valence-electron chi connectivity index (χ3n) is 3.12. The van der Waals surface area contributed by atoms with Crippen molar-refractivity contribution in [1.29, 1.82) is 0 Å². The molecule has 15 heavy (non-hydrogen) atoms. The number of nitrogens with zero attached hydrogens (tertiary/aromatic N) is 1. The van der Waals surface area contributed by atoms with Crippen molar-refractivity contribution in [1.82, 2.24) is 9.97 Å². The summed E-state index contributed by atoms with van der Waals surface area (Å²) in [4.78, 5) is 7.84. The standard InChI is InChI=1S/C11H14N2OS/c15-10-5-9(7-1-2-7)12-11(13-10)8-3-4-14-6-8/h5,7-8H,1-4,6H2,(H,12,13,15). The van der Waals surface area contributed by atoms with Gasteiger partial charge in [-0.05, 0) is 31.2 Å². The number of hydrogen-bond donors (Lipinski definition) is 1. The predicted octanol–water partition coefficient (Wildman–Crippen LogP) is 2.52. The molecule has 3 nitrogen and oxygen atoms in total. The van der Waals surface area contributed by atoms with Crippen LogP contribution in [-0.4, -0.2) is 23.2 Å². The van der Waals surface area contributed by atoms with Gasteiger partial charge in [-0.15, -0.1) is 0 Å². The highest BCUT2D eigenvalue weighted by atomic mass is 32.1. The highest BCUT2D eigenvalue weighted by molar-refractivity contribution is 7.71. The van der Waals surface area contributed by atoms with Crippen LogP contribution in [0.1, 0.15) is 42.6 Å². The molecule has 1 saturated carbocycles. The molecule has 1 aromatic heterocycles. The lowest BCUT2D eigenvalue weighted by molar-refractivity contribution is 0.193. The number of nitrogens with one attached hydrogen (secondary N) is 1. The molecular weight excluding hydrogens is 208 g/mol. The van der Waals surface area contributed by atoms with Gasteiger partial charge in [-0.1, -0.05) is 12.2 Å². The lowest BCUT2D eigenvalue weighted by Crippen LogP contribution is -2.06. The van der Waals surface area contributed by atoms with Crippen LogP contribution in [0.4, 0.5) is 0 Å². The maximum atomic E-state index is 5.37. The molecule has 1 aliphatic carbocycles. The number of H-pyrrole nitrogens is 1. The first-order chi connectivity index (χ1) is 7.33. The van der Waals surface area contributed by atoms with Crippen LogP contribution in [0, 0.1) is 4.64 Å². The zero-order valence-electron chi connectivity index (χ0n) is 8.53. The Hall–Kier alpha value is -0.740. The van der Waals surface area contributed by atoms with E-state index in [-0.39, 0.29) is 0 Å². The van der Waals surface area contributed by atoms with Gasteiger partial charge < -0.3 is 9.72 Å². The molecule has 80 valence electrons. The SMILES string of the molecule is S=c1cc(C2CC2)[nH]c(C2CCOC2)n1. The average molecular weight is 222 g/mol. The first-order valence-corrected chi connectivity index (χ1v) is 5.92. The molecule has 2 fully saturated rings. The number of ether oxygens (including phenoxy) is 1. The Morgan fingerprint density at radius 3 is 2.87 bits per heavy atom. The lowest BCUT2D eigenvalue weighted by atomic mass is 10.1. The third kappa shape index (κ3) is 1.96. The van der Waals surface area contributed by atoms with Crippen LogP contribution >= 0.6 is 12.2 Å². The van der Waals surface area contributed by atoms with Crippen LogP contribution in [0.15, 0.2) is 6.07 Å². The van der Waals surface area contributed by atoms with Crippen LogP contribution < -0.4 is 0 Å². The molecule has 1 unspecified atom stereocenters. The van der Waals surface area contributed by atoms with Crippen molar-refractivity contribution < 1.29 is 4.74 Å². The average Bonchev–Trinajstić information content (AvgIpc) is 2.93. The van der Waals surface area contributed by atoms with E-state index in [1.807, 2.05) is 6.07 Å². The molecule has 0 spiro atoms. The summed E-state index contributed by atoms with van der Waals surface area (Å²) in [7, 11) is 0. The molecule has 1 N–H and O–H groups in total. The van der Waals surface area contributed by atoms with E-state index >= 15 is 0 Å². The van der Waals surface area contributed by atoms with Crippen LogP contribution in [0.2, 0.25) is 0 Å². The van der Waals surface area contributed by atoms with E-state index < -0.39 is 0 Å². The fourth-order valence-corrected chi connectivity index (χ4v) is 2.28. The second-order valence-corrected chi connectivity index (χ2v) is 4.81. The number of aromatic amines is 1. The van der Waals surface area contributed by atoms with E-state index in [1.54, 1.807) is 0 Å². The van der Waals surface area contributed by atoms with E-state index in [2.05, 4.69) is 9.97 Å². The Morgan fingerprint density at radius 2 is 2.20 bits per heavy atom. The van der Waals surface area contributed by atoms with E-state index in [4.69, 9.17) is 17.0 Å². The quantitative estimate of drug-likeness (QED) is 0.781. The summed E-state index contributed by atoms with van der Waals surface area (Å²) >= 11 is 5.20. The first-order valence-electron chi connectivity index (χ1n) is 5.52. The summed E-state index contributed by atoms with van der Waals surface area (Å²) < 4.78 is 6.09. The molecule has 0 amide bonds. The summed E-state index contributed by atoms with van der Waals surface area (Å²) in [5, 5.41) is 0. The van der Waals surface area contributed by atoms with Gasteiger partial charge in [-0.3, -0.25) is 0 Å². The minimum absolute atomic E-state index is 0.422. The Bertz CT molecular complexity index is 419. The molecular formula is C11H14N2OS. The summed E-state index contributed by atoms with van der Waals surface area (Å²) in [5.74, 6) is 2.16. The van der Waals surface area contributed by atoms with Crippen molar-refractivity contribution in [3.63, 3.8) is 0 Å². The minimum atomic E-state index is 0.422. The predicted molar refractivity (Wildman–Crippen MR) is 59.6 cm³/mol. The highest BCUT2D eigenvalue weighted by Crippen LogP contribution is 2.39. The molecule has 2 heterocycles. The maximum absolute atomic E-state index is 5.37. The van der Waals surface area contributed by atoms with Crippen molar-refractivity contribution in [3.8, 4) is 0 Å². The number of rotatable bonds is 2. The maximum Gasteiger partial charge on any atom is 0.130 e. The third-order valence-corrected chi connectivity index (χ3v) is 3.32. The fourth-order valence-electron chi connectivity index (χ4n) is 2.05. The van der Waals surface area contributed by atoms with E-state index in [1.165, 1.54) is 18.5 Å². The highest BCUT2D eigenvalue weighted by Gasteiger charge is 2.26.